The SMILES string of the molecule is CN(CC(F)F)C(=O)C(F)(F)C(F)(F)F. The predicted octanol–water partition coefficient (Wildman–Crippen LogP) is 1.91. The van der Waals surface area contributed by atoms with E-state index in [0.717, 1.165) is 0 Å². The van der Waals surface area contributed by atoms with Gasteiger partial charge in [0.1, 0.15) is 0 Å². The number of halogens is 7. The van der Waals surface area contributed by atoms with Gasteiger partial charge in [-0.15, -0.1) is 0 Å². The first-order chi connectivity index (χ1) is 6.50. The summed E-state index contributed by atoms with van der Waals surface area (Å²) in [4.78, 5) is 10.1. The zero-order chi connectivity index (χ0) is 12.4. The Labute approximate surface area is 79.6 Å². The lowest BCUT2D eigenvalue weighted by Crippen LogP contribution is -2.51. The predicted molar refractivity (Wildman–Crippen MR) is 34.6 cm³/mol. The van der Waals surface area contributed by atoms with Gasteiger partial charge in [-0.1, -0.05) is 0 Å². The van der Waals surface area contributed by atoms with Crippen LogP contribution in [0.1, 0.15) is 0 Å². The van der Waals surface area contributed by atoms with Gasteiger partial charge in [-0.25, -0.2) is 8.78 Å². The maximum absolute atomic E-state index is 12.3. The van der Waals surface area contributed by atoms with Crippen LogP contribution in [0.15, 0.2) is 0 Å². The number of hydrogen-bond acceptors (Lipinski definition) is 1. The molecule has 0 saturated heterocycles. The molecule has 0 saturated carbocycles. The molecule has 0 N–H and O–H groups in total. The van der Waals surface area contributed by atoms with Crippen molar-refractivity contribution in [3.63, 3.8) is 0 Å². The molecule has 0 unspecified atom stereocenters. The van der Waals surface area contributed by atoms with Crippen molar-refractivity contribution in [2.24, 2.45) is 0 Å². The van der Waals surface area contributed by atoms with E-state index in [1.54, 1.807) is 0 Å². The molecule has 0 aromatic carbocycles. The maximum Gasteiger partial charge on any atom is 0.463 e. The van der Waals surface area contributed by atoms with E-state index in [0.29, 0.717) is 7.05 Å². The van der Waals surface area contributed by atoms with Crippen molar-refractivity contribution < 1.29 is 35.5 Å². The Morgan fingerprint density at radius 1 is 1.20 bits per heavy atom. The lowest BCUT2D eigenvalue weighted by Gasteiger charge is -2.24. The van der Waals surface area contributed by atoms with Gasteiger partial charge in [0.25, 0.3) is 6.43 Å². The van der Waals surface area contributed by atoms with Crippen LogP contribution in [-0.2, 0) is 4.79 Å². The molecule has 90 valence electrons. The van der Waals surface area contributed by atoms with Crippen LogP contribution in [0.5, 0.6) is 0 Å². The van der Waals surface area contributed by atoms with Crippen molar-refractivity contribution in [1.82, 2.24) is 4.90 Å². The quantitative estimate of drug-likeness (QED) is 0.691. The van der Waals surface area contributed by atoms with Crippen molar-refractivity contribution in [3.05, 3.63) is 0 Å². The number of rotatable bonds is 3. The third kappa shape index (κ3) is 3.24. The fourth-order valence-corrected chi connectivity index (χ4v) is 0.651. The number of hydrogen-bond donors (Lipinski definition) is 0. The maximum atomic E-state index is 12.3. The summed E-state index contributed by atoms with van der Waals surface area (Å²) in [6, 6.07) is 0. The van der Waals surface area contributed by atoms with Gasteiger partial charge in [0.15, 0.2) is 0 Å². The van der Waals surface area contributed by atoms with Gasteiger partial charge in [-0.3, -0.25) is 4.79 Å². The van der Waals surface area contributed by atoms with Crippen LogP contribution in [0.2, 0.25) is 0 Å². The fraction of sp³-hybridized carbons (Fsp3) is 0.833. The van der Waals surface area contributed by atoms with Gasteiger partial charge in [0.2, 0.25) is 0 Å². The van der Waals surface area contributed by atoms with E-state index in [2.05, 4.69) is 0 Å². The summed E-state index contributed by atoms with van der Waals surface area (Å²) >= 11 is 0. The van der Waals surface area contributed by atoms with Gasteiger partial charge >= 0.3 is 18.0 Å². The topological polar surface area (TPSA) is 20.3 Å². The molecule has 0 rings (SSSR count). The molecule has 15 heavy (non-hydrogen) atoms. The van der Waals surface area contributed by atoms with Gasteiger partial charge in [0.05, 0.1) is 6.54 Å². The molecular formula is C6H6F7NO. The van der Waals surface area contributed by atoms with Crippen molar-refractivity contribution in [1.29, 1.82) is 0 Å². The monoisotopic (exact) mass is 241 g/mol. The highest BCUT2D eigenvalue weighted by Gasteiger charge is 2.64. The Balaban J connectivity index is 4.70. The molecular weight excluding hydrogens is 235 g/mol. The largest absolute Gasteiger partial charge is 0.463 e. The highest BCUT2D eigenvalue weighted by Crippen LogP contribution is 2.36. The van der Waals surface area contributed by atoms with Crippen LogP contribution in [0.4, 0.5) is 30.7 Å². The molecule has 0 aliphatic carbocycles. The minimum atomic E-state index is -6.08. The second kappa shape index (κ2) is 4.23. The minimum Gasteiger partial charge on any atom is -0.334 e. The zero-order valence-electron chi connectivity index (χ0n) is 7.29. The Morgan fingerprint density at radius 3 is 1.87 bits per heavy atom. The van der Waals surface area contributed by atoms with Crippen molar-refractivity contribution in [2.75, 3.05) is 13.6 Å². The van der Waals surface area contributed by atoms with E-state index in [1.165, 1.54) is 0 Å². The van der Waals surface area contributed by atoms with Crippen molar-refractivity contribution in [2.45, 2.75) is 18.5 Å². The van der Waals surface area contributed by atoms with Crippen LogP contribution in [0.25, 0.3) is 0 Å². The van der Waals surface area contributed by atoms with E-state index in [1.807, 2.05) is 0 Å². The molecule has 0 atom stereocenters. The molecule has 0 radical (unpaired) electrons. The Hall–Kier alpha value is -1.02. The van der Waals surface area contributed by atoms with Crippen LogP contribution >= 0.6 is 0 Å². The van der Waals surface area contributed by atoms with Crippen molar-refractivity contribution in [3.8, 4) is 0 Å². The summed E-state index contributed by atoms with van der Waals surface area (Å²) in [5, 5.41) is 0. The van der Waals surface area contributed by atoms with Crippen LogP contribution in [0, 0.1) is 0 Å². The second-order valence-corrected chi connectivity index (χ2v) is 2.65. The highest BCUT2D eigenvalue weighted by molar-refractivity contribution is 5.84. The number of carbonyl (C=O) groups is 1. The van der Waals surface area contributed by atoms with E-state index < -0.39 is 31.0 Å². The Bertz CT molecular complexity index is 236. The summed E-state index contributed by atoms with van der Waals surface area (Å²) in [5.74, 6) is -8.34. The lowest BCUT2D eigenvalue weighted by atomic mass is 10.3. The van der Waals surface area contributed by atoms with E-state index in [-0.39, 0.29) is 4.90 Å². The summed E-state index contributed by atoms with van der Waals surface area (Å²) in [6.45, 7) is -1.48. The smallest absolute Gasteiger partial charge is 0.334 e. The molecule has 0 heterocycles. The standard InChI is InChI=1S/C6H6F7NO/c1-14(2-3(7)8)4(15)5(9,10)6(11,12)13/h3H,2H2,1H3. The average Bonchev–Trinajstić information content (AvgIpc) is 1.99. The third-order valence-electron chi connectivity index (χ3n) is 1.38. The molecule has 0 aromatic rings. The van der Waals surface area contributed by atoms with Gasteiger partial charge in [-0.05, 0) is 0 Å². The molecule has 0 aliphatic heterocycles. The van der Waals surface area contributed by atoms with E-state index >= 15 is 0 Å². The van der Waals surface area contributed by atoms with Crippen LogP contribution in [0.3, 0.4) is 0 Å². The van der Waals surface area contributed by atoms with Crippen molar-refractivity contribution >= 4 is 5.91 Å². The molecule has 9 heteroatoms. The molecule has 0 aliphatic rings. The number of alkyl halides is 7. The molecule has 0 bridgehead atoms. The second-order valence-electron chi connectivity index (χ2n) is 2.65. The van der Waals surface area contributed by atoms with Gasteiger partial charge < -0.3 is 4.90 Å². The molecule has 2 nitrogen and oxygen atoms in total. The molecule has 1 amide bonds. The highest BCUT2D eigenvalue weighted by atomic mass is 19.4. The normalized spacial score (nSPS) is 13.1. The van der Waals surface area contributed by atoms with Crippen LogP contribution < -0.4 is 0 Å². The van der Waals surface area contributed by atoms with E-state index in [9.17, 15) is 35.5 Å². The zero-order valence-corrected chi connectivity index (χ0v) is 7.29. The first kappa shape index (κ1) is 14.0. The fourth-order valence-electron chi connectivity index (χ4n) is 0.651. The molecule has 0 aromatic heterocycles. The Kier molecular flexibility index (Phi) is 3.94. The summed E-state index contributed by atoms with van der Waals surface area (Å²) in [5.41, 5.74) is 0. The third-order valence-corrected chi connectivity index (χ3v) is 1.38. The summed E-state index contributed by atoms with van der Waals surface area (Å²) in [7, 11) is 0.439. The van der Waals surface area contributed by atoms with Gasteiger partial charge in [-0.2, -0.15) is 22.0 Å². The summed E-state index contributed by atoms with van der Waals surface area (Å²) in [6.07, 6.45) is -9.26. The van der Waals surface area contributed by atoms with E-state index in [4.69, 9.17) is 0 Å². The minimum absolute atomic E-state index is 0.363. The molecule has 0 fully saturated rings. The lowest BCUT2D eigenvalue weighted by molar-refractivity contribution is -0.274. The average molecular weight is 241 g/mol. The first-order valence-electron chi connectivity index (χ1n) is 3.48. The number of amides is 1. The number of nitrogens with zero attached hydrogens (tertiary/aromatic N) is 1. The first-order valence-corrected chi connectivity index (χ1v) is 3.48. The summed E-state index contributed by atoms with van der Waals surface area (Å²) < 4.78 is 82.5. The number of carbonyl (C=O) groups excluding carboxylic acids is 1. The molecule has 0 spiro atoms. The van der Waals surface area contributed by atoms with Gasteiger partial charge in [0, 0.05) is 7.05 Å². The van der Waals surface area contributed by atoms with Crippen LogP contribution in [-0.4, -0.2) is 42.9 Å². The Morgan fingerprint density at radius 2 is 1.60 bits per heavy atom.